The normalized spacial score (nSPS) is 25.6. The molecule has 170 valence electrons. The number of Topliss-reactive ketones (excluding diaryl/α,β-unsaturated/α-hetero) is 1. The Bertz CT molecular complexity index is 1380. The number of fused-ring (bicyclic) bond motifs is 3. The van der Waals surface area contributed by atoms with E-state index in [1.54, 1.807) is 0 Å². The predicted octanol–water partition coefficient (Wildman–Crippen LogP) is 1.57. The van der Waals surface area contributed by atoms with Crippen molar-refractivity contribution in [3.05, 3.63) is 39.6 Å². The number of benzene rings is 2. The summed E-state index contributed by atoms with van der Waals surface area (Å²) in [7, 11) is -4.92. The van der Waals surface area contributed by atoms with Gasteiger partial charge in [-0.2, -0.15) is 8.42 Å². The first-order valence-electron chi connectivity index (χ1n) is 9.34. The summed E-state index contributed by atoms with van der Waals surface area (Å²) >= 11 is 6.13. The molecule has 0 aromatic heterocycles. The summed E-state index contributed by atoms with van der Waals surface area (Å²) < 4.78 is 32.6. The Morgan fingerprint density at radius 2 is 1.81 bits per heavy atom. The van der Waals surface area contributed by atoms with E-state index in [2.05, 4.69) is 0 Å². The van der Waals surface area contributed by atoms with Gasteiger partial charge < -0.3 is 26.2 Å². The van der Waals surface area contributed by atoms with E-state index in [-0.39, 0.29) is 34.4 Å². The minimum Gasteiger partial charge on any atom is -0.512 e. The van der Waals surface area contributed by atoms with E-state index in [1.807, 2.05) is 0 Å². The van der Waals surface area contributed by atoms with E-state index in [4.69, 9.17) is 17.3 Å². The molecule has 10 nitrogen and oxygen atoms in total. The van der Waals surface area contributed by atoms with Gasteiger partial charge in [0.2, 0.25) is 0 Å². The van der Waals surface area contributed by atoms with Crippen molar-refractivity contribution in [3.8, 4) is 11.5 Å². The molecule has 0 spiro atoms. The molecule has 3 atom stereocenters. The Hall–Kier alpha value is -2.86. The van der Waals surface area contributed by atoms with Crippen molar-refractivity contribution in [1.29, 1.82) is 0 Å². The number of hydrogen-bond donors (Lipinski definition) is 6. The first-order chi connectivity index (χ1) is 14.7. The fourth-order valence-electron chi connectivity index (χ4n) is 5.03. The summed E-state index contributed by atoms with van der Waals surface area (Å²) in [5.41, 5.74) is 2.62. The predicted molar refractivity (Wildman–Crippen MR) is 111 cm³/mol. The average molecular weight is 484 g/mol. The Labute approximate surface area is 186 Å². The van der Waals surface area contributed by atoms with Crippen LogP contribution in [0.1, 0.15) is 29.3 Å². The van der Waals surface area contributed by atoms with Gasteiger partial charge in [0, 0.05) is 11.8 Å². The number of phenolic OH excluding ortho intramolecular Hbond substituents is 2. The van der Waals surface area contributed by atoms with Gasteiger partial charge in [-0.3, -0.25) is 14.1 Å². The van der Waals surface area contributed by atoms with Gasteiger partial charge in [-0.15, -0.1) is 0 Å². The highest BCUT2D eigenvalue weighted by Crippen LogP contribution is 2.51. The number of carbonyl (C=O) groups excluding carboxylic acids is 2. The lowest BCUT2D eigenvalue weighted by atomic mass is 9.61. The van der Waals surface area contributed by atoms with E-state index < -0.39 is 72.4 Å². The van der Waals surface area contributed by atoms with Crippen LogP contribution < -0.4 is 5.73 Å². The molecule has 2 aliphatic rings. The van der Waals surface area contributed by atoms with Crippen molar-refractivity contribution in [2.24, 2.45) is 17.6 Å². The van der Waals surface area contributed by atoms with Crippen LogP contribution in [0, 0.1) is 11.8 Å². The molecule has 12 heteroatoms. The second-order valence-electron chi connectivity index (χ2n) is 8.21. The number of ketones is 1. The van der Waals surface area contributed by atoms with E-state index in [1.165, 1.54) is 6.07 Å². The van der Waals surface area contributed by atoms with Crippen LogP contribution in [0.3, 0.4) is 0 Å². The minimum atomic E-state index is -4.92. The second kappa shape index (κ2) is 6.82. The summed E-state index contributed by atoms with van der Waals surface area (Å²) in [6, 6.07) is 2.19. The summed E-state index contributed by atoms with van der Waals surface area (Å²) in [4.78, 5) is 24.3. The van der Waals surface area contributed by atoms with Gasteiger partial charge in [0.15, 0.2) is 5.78 Å². The van der Waals surface area contributed by atoms with Crippen molar-refractivity contribution in [2.45, 2.75) is 30.3 Å². The molecule has 0 aliphatic heterocycles. The zero-order valence-electron chi connectivity index (χ0n) is 16.5. The zero-order valence-corrected chi connectivity index (χ0v) is 18.0. The Morgan fingerprint density at radius 1 is 1.19 bits per heavy atom. The van der Waals surface area contributed by atoms with Crippen LogP contribution in [0.4, 0.5) is 0 Å². The number of halogens is 1. The fraction of sp³-hybridized carbons (Fsp3) is 0.300. The maximum atomic E-state index is 13.4. The van der Waals surface area contributed by atoms with Gasteiger partial charge in [-0.25, -0.2) is 0 Å². The first-order valence-corrected chi connectivity index (χ1v) is 11.2. The molecule has 0 saturated heterocycles. The number of nitrogens with two attached hydrogens (primary N) is 1. The van der Waals surface area contributed by atoms with Crippen molar-refractivity contribution < 1.29 is 43.0 Å². The van der Waals surface area contributed by atoms with Gasteiger partial charge in [0.25, 0.3) is 16.0 Å². The highest BCUT2D eigenvalue weighted by Gasteiger charge is 2.54. The number of carbonyl (C=O) groups is 2. The third kappa shape index (κ3) is 2.96. The van der Waals surface area contributed by atoms with Gasteiger partial charge >= 0.3 is 0 Å². The van der Waals surface area contributed by atoms with Crippen LogP contribution in [-0.2, 0) is 21.3 Å². The molecule has 4 rings (SSSR count). The molecule has 7 N–H and O–H groups in total. The molecule has 2 aromatic rings. The highest BCUT2D eigenvalue weighted by molar-refractivity contribution is 7.86. The molecular weight excluding hydrogens is 466 g/mol. The highest BCUT2D eigenvalue weighted by atomic mass is 35.5. The van der Waals surface area contributed by atoms with Crippen molar-refractivity contribution in [1.82, 2.24) is 0 Å². The number of allylic oxidation sites excluding steroid dienone is 1. The van der Waals surface area contributed by atoms with Crippen LogP contribution >= 0.6 is 11.6 Å². The average Bonchev–Trinajstić information content (AvgIpc) is 2.61. The Morgan fingerprint density at radius 3 is 2.38 bits per heavy atom. The first kappa shape index (κ1) is 22.3. The largest absolute Gasteiger partial charge is 0.512 e. The topological polar surface area (TPSA) is 195 Å². The van der Waals surface area contributed by atoms with E-state index in [0.717, 1.165) is 13.0 Å². The number of aliphatic hydroxyl groups excluding tert-OH is 1. The number of hydrogen-bond acceptors (Lipinski definition) is 8. The molecule has 32 heavy (non-hydrogen) atoms. The number of amides is 1. The zero-order chi connectivity index (χ0) is 23.9. The van der Waals surface area contributed by atoms with E-state index in [0.29, 0.717) is 0 Å². The quantitative estimate of drug-likeness (QED) is 0.343. The van der Waals surface area contributed by atoms with E-state index in [9.17, 15) is 43.0 Å². The molecule has 2 aliphatic carbocycles. The number of aliphatic hydroxyl groups is 2. The number of phenols is 2. The summed E-state index contributed by atoms with van der Waals surface area (Å²) in [5, 5.41) is 42.0. The van der Waals surface area contributed by atoms with Crippen LogP contribution in [-0.4, -0.2) is 50.7 Å². The van der Waals surface area contributed by atoms with Crippen LogP contribution in [0.15, 0.2) is 28.4 Å². The van der Waals surface area contributed by atoms with Gasteiger partial charge in [-0.05, 0) is 37.0 Å². The van der Waals surface area contributed by atoms with E-state index >= 15 is 0 Å². The molecule has 0 heterocycles. The lowest BCUT2D eigenvalue weighted by molar-refractivity contribution is -0.118. The Balaban J connectivity index is 2.01. The molecule has 3 unspecified atom stereocenters. The SMILES string of the molecule is CC1(O)C(C(N)=O)=C(O)CC2Cc3cc4c(Cl)cc(S(=O)(=O)O)c(O)c4c(O)c3C(=O)C21. The maximum Gasteiger partial charge on any atom is 0.298 e. The molecule has 0 bridgehead atoms. The third-order valence-corrected chi connectivity index (χ3v) is 7.41. The Kier molecular flexibility index (Phi) is 4.76. The minimum absolute atomic E-state index is 0.0271. The third-order valence-electron chi connectivity index (χ3n) is 6.23. The summed E-state index contributed by atoms with van der Waals surface area (Å²) in [5.74, 6) is -6.03. The van der Waals surface area contributed by atoms with Crippen molar-refractivity contribution in [2.75, 3.05) is 0 Å². The lowest BCUT2D eigenvalue weighted by Crippen LogP contribution is -2.54. The fourth-order valence-corrected chi connectivity index (χ4v) is 5.97. The standard InChI is InChI=1S/C20H18ClNO9S/c1-20(28)14-7(4-10(23)15(20)19(22)27)2-6-3-8-9(21)5-11(32(29,30)31)16(24)13(8)17(25)12(6)18(14)26/h3,5,7,14,23-25,28H,2,4H2,1H3,(H2,22,27)(H,29,30,31). The maximum absolute atomic E-state index is 13.4. The molecule has 0 saturated carbocycles. The summed E-state index contributed by atoms with van der Waals surface area (Å²) in [6.45, 7) is 1.16. The molecule has 1 amide bonds. The number of aromatic hydroxyl groups is 2. The number of primary amides is 1. The van der Waals surface area contributed by atoms with Gasteiger partial charge in [-0.1, -0.05) is 11.6 Å². The second-order valence-corrected chi connectivity index (χ2v) is 10.0. The molecule has 0 fully saturated rings. The van der Waals surface area contributed by atoms with Crippen LogP contribution in [0.5, 0.6) is 11.5 Å². The van der Waals surface area contributed by atoms with Crippen LogP contribution in [0.25, 0.3) is 10.8 Å². The van der Waals surface area contributed by atoms with Crippen molar-refractivity contribution >= 4 is 44.2 Å². The van der Waals surface area contributed by atoms with Gasteiger partial charge in [0.1, 0.15) is 27.8 Å². The van der Waals surface area contributed by atoms with Crippen molar-refractivity contribution in [3.63, 3.8) is 0 Å². The molecule has 2 aromatic carbocycles. The van der Waals surface area contributed by atoms with Gasteiger partial charge in [0.05, 0.1) is 27.5 Å². The smallest absolute Gasteiger partial charge is 0.298 e. The lowest BCUT2D eigenvalue weighted by Gasteiger charge is -2.44. The molecular formula is C20H18ClNO9S. The summed E-state index contributed by atoms with van der Waals surface area (Å²) in [6.07, 6.45) is -0.0393. The monoisotopic (exact) mass is 483 g/mol. The number of rotatable bonds is 2. The molecule has 0 radical (unpaired) electrons. The van der Waals surface area contributed by atoms with Crippen LogP contribution in [0.2, 0.25) is 5.02 Å².